The molecule has 0 aliphatic carbocycles. The lowest BCUT2D eigenvalue weighted by atomic mass is 10.4. The highest BCUT2D eigenvalue weighted by atomic mass is 15.1. The first-order valence-corrected chi connectivity index (χ1v) is 3.43. The lowest BCUT2D eigenvalue weighted by Crippen LogP contribution is -2.13. The van der Waals surface area contributed by atoms with E-state index in [1.807, 2.05) is 13.8 Å². The summed E-state index contributed by atoms with van der Waals surface area (Å²) in [6, 6.07) is 3.32. The molecule has 0 fully saturated rings. The molecule has 0 saturated carbocycles. The normalized spacial score (nSPS) is 7.82. The Morgan fingerprint density at radius 1 is 1.55 bits per heavy atom. The molecule has 11 heavy (non-hydrogen) atoms. The molecule has 0 aromatic carbocycles. The number of amidine groups is 1. The van der Waals surface area contributed by atoms with Crippen LogP contribution in [-0.4, -0.2) is 16.0 Å². The summed E-state index contributed by atoms with van der Waals surface area (Å²) in [7, 11) is 0. The number of nitrogens with one attached hydrogen (secondary N) is 1. The molecule has 1 heterocycles. The average Bonchev–Trinajstić information content (AvgIpc) is 2.10. The summed E-state index contributed by atoms with van der Waals surface area (Å²) in [6.07, 6.45) is 1.53. The van der Waals surface area contributed by atoms with E-state index in [9.17, 15) is 0 Å². The Morgan fingerprint density at radius 3 is 2.45 bits per heavy atom. The second-order valence-corrected chi connectivity index (χ2v) is 1.52. The van der Waals surface area contributed by atoms with E-state index in [-0.39, 0.29) is 5.84 Å². The van der Waals surface area contributed by atoms with Gasteiger partial charge in [-0.1, -0.05) is 13.8 Å². The first-order valence-electron chi connectivity index (χ1n) is 3.43. The van der Waals surface area contributed by atoms with Crippen LogP contribution < -0.4 is 5.73 Å². The molecule has 60 valence electrons. The van der Waals surface area contributed by atoms with Gasteiger partial charge >= 0.3 is 0 Å². The van der Waals surface area contributed by atoms with Crippen molar-refractivity contribution in [2.24, 2.45) is 5.73 Å². The van der Waals surface area contributed by atoms with Crippen molar-refractivity contribution < 1.29 is 0 Å². The fourth-order valence-corrected chi connectivity index (χ4v) is 0.445. The highest BCUT2D eigenvalue weighted by Crippen LogP contribution is 1.86. The Hall–Kier alpha value is -1.45. The zero-order valence-corrected chi connectivity index (χ0v) is 6.70. The summed E-state index contributed by atoms with van der Waals surface area (Å²) in [5, 5.41) is 14.0. The third kappa shape index (κ3) is 3.30. The highest BCUT2D eigenvalue weighted by Gasteiger charge is 1.92. The van der Waals surface area contributed by atoms with Crippen molar-refractivity contribution in [2.45, 2.75) is 13.8 Å². The maximum atomic E-state index is 6.91. The minimum atomic E-state index is -0.0527. The Labute approximate surface area is 66.0 Å². The Balaban J connectivity index is 0.000000461. The maximum Gasteiger partial charge on any atom is 0.143 e. The van der Waals surface area contributed by atoms with E-state index in [0.29, 0.717) is 5.69 Å². The molecule has 0 atom stereocenters. The van der Waals surface area contributed by atoms with E-state index in [2.05, 4.69) is 10.2 Å². The molecule has 1 aromatic heterocycles. The van der Waals surface area contributed by atoms with Crippen LogP contribution in [0.15, 0.2) is 18.3 Å². The summed E-state index contributed by atoms with van der Waals surface area (Å²) in [4.78, 5) is 0. The van der Waals surface area contributed by atoms with Crippen molar-refractivity contribution in [1.29, 1.82) is 5.41 Å². The molecule has 0 spiro atoms. The molecule has 4 heteroatoms. The van der Waals surface area contributed by atoms with Gasteiger partial charge in [-0.15, -0.1) is 5.10 Å². The second kappa shape index (κ2) is 5.34. The van der Waals surface area contributed by atoms with E-state index in [0.717, 1.165) is 0 Å². The van der Waals surface area contributed by atoms with Gasteiger partial charge in [-0.05, 0) is 12.1 Å². The average molecular weight is 152 g/mol. The van der Waals surface area contributed by atoms with Crippen LogP contribution in [0.1, 0.15) is 19.5 Å². The summed E-state index contributed by atoms with van der Waals surface area (Å²) < 4.78 is 0. The van der Waals surface area contributed by atoms with E-state index in [1.165, 1.54) is 6.20 Å². The van der Waals surface area contributed by atoms with Crippen LogP contribution in [0.2, 0.25) is 0 Å². The van der Waals surface area contributed by atoms with Gasteiger partial charge in [0.05, 0.1) is 0 Å². The molecule has 1 rings (SSSR count). The number of aromatic nitrogens is 2. The predicted octanol–water partition coefficient (Wildman–Crippen LogP) is 0.787. The first-order chi connectivity index (χ1) is 5.30. The molecule has 0 radical (unpaired) electrons. The zero-order valence-electron chi connectivity index (χ0n) is 6.70. The molecule has 0 unspecified atom stereocenters. The van der Waals surface area contributed by atoms with Crippen molar-refractivity contribution >= 4 is 5.84 Å². The van der Waals surface area contributed by atoms with Gasteiger partial charge in [-0.25, -0.2) is 0 Å². The monoisotopic (exact) mass is 152 g/mol. The van der Waals surface area contributed by atoms with Crippen molar-refractivity contribution in [2.75, 3.05) is 0 Å². The van der Waals surface area contributed by atoms with Crippen molar-refractivity contribution in [3.63, 3.8) is 0 Å². The van der Waals surface area contributed by atoms with Crippen LogP contribution in [0.25, 0.3) is 0 Å². The summed E-state index contributed by atoms with van der Waals surface area (Å²) in [5.41, 5.74) is 5.51. The van der Waals surface area contributed by atoms with Gasteiger partial charge in [-0.3, -0.25) is 5.41 Å². The van der Waals surface area contributed by atoms with Crippen LogP contribution in [-0.2, 0) is 0 Å². The Bertz CT molecular complexity index is 207. The van der Waals surface area contributed by atoms with Crippen molar-refractivity contribution in [3.8, 4) is 0 Å². The summed E-state index contributed by atoms with van der Waals surface area (Å²) in [6.45, 7) is 4.00. The first kappa shape index (κ1) is 9.55. The van der Waals surface area contributed by atoms with E-state index in [1.54, 1.807) is 12.1 Å². The molecule has 4 nitrogen and oxygen atoms in total. The van der Waals surface area contributed by atoms with Crippen molar-refractivity contribution in [3.05, 3.63) is 24.0 Å². The second-order valence-electron chi connectivity index (χ2n) is 1.52. The molecular weight excluding hydrogens is 140 g/mol. The summed E-state index contributed by atoms with van der Waals surface area (Å²) >= 11 is 0. The lowest BCUT2D eigenvalue weighted by molar-refractivity contribution is 1.01. The van der Waals surface area contributed by atoms with Gasteiger partial charge in [0, 0.05) is 6.20 Å². The molecule has 0 bridgehead atoms. The van der Waals surface area contributed by atoms with Gasteiger partial charge < -0.3 is 5.73 Å². The summed E-state index contributed by atoms with van der Waals surface area (Å²) in [5.74, 6) is -0.0527. The minimum absolute atomic E-state index is 0.0527. The topological polar surface area (TPSA) is 75.7 Å². The third-order valence-electron chi connectivity index (χ3n) is 0.848. The van der Waals surface area contributed by atoms with Gasteiger partial charge in [0.1, 0.15) is 11.5 Å². The molecule has 1 aromatic rings. The molecule has 0 aliphatic rings. The number of nitrogens with two attached hydrogens (primary N) is 1. The van der Waals surface area contributed by atoms with Crippen LogP contribution in [0.5, 0.6) is 0 Å². The van der Waals surface area contributed by atoms with Gasteiger partial charge in [0.2, 0.25) is 0 Å². The maximum absolute atomic E-state index is 6.91. The Kier molecular flexibility index (Phi) is 4.64. The van der Waals surface area contributed by atoms with Crippen LogP contribution in [0, 0.1) is 5.41 Å². The molecule has 0 amide bonds. The van der Waals surface area contributed by atoms with Crippen LogP contribution in [0.4, 0.5) is 0 Å². The number of nitrogens with zero attached hydrogens (tertiary/aromatic N) is 2. The zero-order chi connectivity index (χ0) is 8.69. The largest absolute Gasteiger partial charge is 0.382 e. The number of rotatable bonds is 1. The van der Waals surface area contributed by atoms with E-state index in [4.69, 9.17) is 11.1 Å². The van der Waals surface area contributed by atoms with Crippen LogP contribution >= 0.6 is 0 Å². The fourth-order valence-electron chi connectivity index (χ4n) is 0.445. The molecule has 0 saturated heterocycles. The molecule has 0 aliphatic heterocycles. The fraction of sp³-hybridized carbons (Fsp3) is 0.286. The third-order valence-corrected chi connectivity index (χ3v) is 0.848. The lowest BCUT2D eigenvalue weighted by Gasteiger charge is -1.90. The number of hydrogen-bond acceptors (Lipinski definition) is 3. The van der Waals surface area contributed by atoms with E-state index >= 15 is 0 Å². The quantitative estimate of drug-likeness (QED) is 0.461. The van der Waals surface area contributed by atoms with Gasteiger partial charge in [-0.2, -0.15) is 5.10 Å². The smallest absolute Gasteiger partial charge is 0.143 e. The van der Waals surface area contributed by atoms with Gasteiger partial charge in [0.25, 0.3) is 0 Å². The number of hydrogen-bond donors (Lipinski definition) is 2. The standard InChI is InChI=1S/C5H6N4.C2H6/c6-5(7)4-2-1-3-8-9-4;1-2/h1-3H,(H3,6,7);1-2H3. The Morgan fingerprint density at radius 2 is 2.18 bits per heavy atom. The number of nitrogen functional groups attached to an aromatic ring is 1. The van der Waals surface area contributed by atoms with Crippen LogP contribution in [0.3, 0.4) is 0 Å². The van der Waals surface area contributed by atoms with Crippen molar-refractivity contribution in [1.82, 2.24) is 10.2 Å². The van der Waals surface area contributed by atoms with E-state index < -0.39 is 0 Å². The predicted molar refractivity (Wildman–Crippen MR) is 44.4 cm³/mol. The minimum Gasteiger partial charge on any atom is -0.382 e. The highest BCUT2D eigenvalue weighted by molar-refractivity contribution is 5.92. The SMILES string of the molecule is CC.N=C(N)c1cccnn1. The van der Waals surface area contributed by atoms with Gasteiger partial charge in [0.15, 0.2) is 0 Å². The molecular formula is C7H12N4. The molecule has 3 N–H and O–H groups in total.